The molecule has 1 N–H and O–H groups in total. The molecular formula is C15H20N2S. The molecule has 3 heteroatoms. The minimum atomic E-state index is 0.429. The summed E-state index contributed by atoms with van der Waals surface area (Å²) in [6.45, 7) is 5.27. The molecule has 2 rings (SSSR count). The van der Waals surface area contributed by atoms with Gasteiger partial charge in [0.05, 0.1) is 5.01 Å². The Morgan fingerprint density at radius 3 is 2.61 bits per heavy atom. The first-order valence-corrected chi connectivity index (χ1v) is 7.37. The van der Waals surface area contributed by atoms with E-state index in [0.717, 1.165) is 19.4 Å². The zero-order chi connectivity index (χ0) is 12.8. The molecule has 0 radical (unpaired) electrons. The Morgan fingerprint density at radius 2 is 2.00 bits per heavy atom. The number of hydrogen-bond acceptors (Lipinski definition) is 3. The number of hydrogen-bond donors (Lipinski definition) is 1. The van der Waals surface area contributed by atoms with Crippen molar-refractivity contribution >= 4 is 11.3 Å². The molecule has 0 saturated carbocycles. The van der Waals surface area contributed by atoms with Gasteiger partial charge in [0.25, 0.3) is 0 Å². The van der Waals surface area contributed by atoms with Crippen LogP contribution in [-0.2, 0) is 13.0 Å². The van der Waals surface area contributed by atoms with Gasteiger partial charge in [-0.15, -0.1) is 11.3 Å². The van der Waals surface area contributed by atoms with E-state index >= 15 is 0 Å². The van der Waals surface area contributed by atoms with Gasteiger partial charge in [-0.1, -0.05) is 44.2 Å². The van der Waals surface area contributed by atoms with Crippen molar-refractivity contribution < 1.29 is 0 Å². The topological polar surface area (TPSA) is 24.9 Å². The number of rotatable bonds is 6. The number of aromatic nitrogens is 1. The van der Waals surface area contributed by atoms with Crippen LogP contribution in [0, 0.1) is 0 Å². The number of nitrogens with one attached hydrogen (secondary N) is 1. The van der Waals surface area contributed by atoms with Gasteiger partial charge in [-0.25, -0.2) is 4.98 Å². The Labute approximate surface area is 113 Å². The Morgan fingerprint density at radius 1 is 1.22 bits per heavy atom. The van der Waals surface area contributed by atoms with Crippen LogP contribution in [0.25, 0.3) is 0 Å². The monoisotopic (exact) mass is 260 g/mol. The number of benzene rings is 1. The Balaban J connectivity index is 1.95. The zero-order valence-corrected chi connectivity index (χ0v) is 11.8. The third kappa shape index (κ3) is 3.40. The highest BCUT2D eigenvalue weighted by Crippen LogP contribution is 2.18. The van der Waals surface area contributed by atoms with Crippen LogP contribution < -0.4 is 5.32 Å². The van der Waals surface area contributed by atoms with Crippen LogP contribution >= 0.6 is 11.3 Å². The van der Waals surface area contributed by atoms with Crippen molar-refractivity contribution in [3.63, 3.8) is 0 Å². The number of aryl methyl sites for hydroxylation is 1. The first kappa shape index (κ1) is 13.2. The number of nitrogens with zero attached hydrogens (tertiary/aromatic N) is 1. The second-order valence-electron chi connectivity index (χ2n) is 4.33. The predicted molar refractivity (Wildman–Crippen MR) is 77.8 cm³/mol. The molecule has 1 aromatic carbocycles. The van der Waals surface area contributed by atoms with Gasteiger partial charge in [0.1, 0.15) is 0 Å². The molecule has 1 atom stereocenters. The summed E-state index contributed by atoms with van der Waals surface area (Å²) in [5.74, 6) is 0. The number of thiazole rings is 1. The van der Waals surface area contributed by atoms with E-state index in [-0.39, 0.29) is 0 Å². The molecule has 0 fully saturated rings. The molecule has 96 valence electrons. The maximum absolute atomic E-state index is 4.39. The highest BCUT2D eigenvalue weighted by molar-refractivity contribution is 7.11. The molecule has 0 amide bonds. The van der Waals surface area contributed by atoms with Gasteiger partial charge in [-0.2, -0.15) is 0 Å². The SMILES string of the molecule is CCc1ncc(CNC(CC)c2ccccc2)s1. The fraction of sp³-hybridized carbons (Fsp3) is 0.400. The van der Waals surface area contributed by atoms with Gasteiger partial charge in [0.2, 0.25) is 0 Å². The van der Waals surface area contributed by atoms with Crippen molar-refractivity contribution in [2.45, 2.75) is 39.3 Å². The average Bonchev–Trinajstić information content (AvgIpc) is 2.89. The van der Waals surface area contributed by atoms with E-state index in [0.29, 0.717) is 6.04 Å². The van der Waals surface area contributed by atoms with Crippen LogP contribution in [0.15, 0.2) is 36.5 Å². The quantitative estimate of drug-likeness (QED) is 0.850. The molecule has 0 aliphatic rings. The first-order valence-electron chi connectivity index (χ1n) is 6.55. The lowest BCUT2D eigenvalue weighted by Crippen LogP contribution is -2.19. The van der Waals surface area contributed by atoms with E-state index in [1.807, 2.05) is 6.20 Å². The van der Waals surface area contributed by atoms with Gasteiger partial charge in [-0.05, 0) is 18.4 Å². The van der Waals surface area contributed by atoms with E-state index in [1.54, 1.807) is 11.3 Å². The molecule has 0 spiro atoms. The van der Waals surface area contributed by atoms with Crippen molar-refractivity contribution in [2.75, 3.05) is 0 Å². The summed E-state index contributed by atoms with van der Waals surface area (Å²) in [7, 11) is 0. The second-order valence-corrected chi connectivity index (χ2v) is 5.53. The van der Waals surface area contributed by atoms with Crippen LogP contribution in [0.5, 0.6) is 0 Å². The summed E-state index contributed by atoms with van der Waals surface area (Å²) in [6.07, 6.45) is 4.12. The van der Waals surface area contributed by atoms with Crippen molar-refractivity contribution in [1.29, 1.82) is 0 Å². The highest BCUT2D eigenvalue weighted by atomic mass is 32.1. The summed E-state index contributed by atoms with van der Waals surface area (Å²) in [4.78, 5) is 5.71. The molecule has 0 bridgehead atoms. The van der Waals surface area contributed by atoms with E-state index in [2.05, 4.69) is 54.5 Å². The maximum atomic E-state index is 4.39. The highest BCUT2D eigenvalue weighted by Gasteiger charge is 2.08. The normalized spacial score (nSPS) is 12.6. The van der Waals surface area contributed by atoms with Gasteiger partial charge in [0, 0.05) is 23.7 Å². The molecule has 0 saturated heterocycles. The van der Waals surface area contributed by atoms with Gasteiger partial charge < -0.3 is 5.32 Å². The fourth-order valence-corrected chi connectivity index (χ4v) is 2.81. The molecule has 0 aliphatic heterocycles. The summed E-state index contributed by atoms with van der Waals surface area (Å²) in [5.41, 5.74) is 1.36. The molecule has 18 heavy (non-hydrogen) atoms. The van der Waals surface area contributed by atoms with Gasteiger partial charge in [-0.3, -0.25) is 0 Å². The first-order chi connectivity index (χ1) is 8.83. The van der Waals surface area contributed by atoms with Crippen LogP contribution in [0.4, 0.5) is 0 Å². The maximum Gasteiger partial charge on any atom is 0.0925 e. The summed E-state index contributed by atoms with van der Waals surface area (Å²) < 4.78 is 0. The summed E-state index contributed by atoms with van der Waals surface area (Å²) in [5, 5.41) is 4.83. The van der Waals surface area contributed by atoms with Gasteiger partial charge >= 0.3 is 0 Å². The smallest absolute Gasteiger partial charge is 0.0925 e. The molecule has 2 nitrogen and oxygen atoms in total. The van der Waals surface area contributed by atoms with E-state index in [4.69, 9.17) is 0 Å². The largest absolute Gasteiger partial charge is 0.305 e. The molecule has 1 aromatic heterocycles. The summed E-state index contributed by atoms with van der Waals surface area (Å²) in [6, 6.07) is 11.1. The Kier molecular flexibility index (Phi) is 4.90. The second kappa shape index (κ2) is 6.66. The van der Waals surface area contributed by atoms with Gasteiger partial charge in [0.15, 0.2) is 0 Å². The van der Waals surface area contributed by atoms with Crippen LogP contribution in [0.3, 0.4) is 0 Å². The fourth-order valence-electron chi connectivity index (χ4n) is 2.00. The molecule has 0 aliphatic carbocycles. The molecule has 2 aromatic rings. The average molecular weight is 260 g/mol. The van der Waals surface area contributed by atoms with Crippen molar-refractivity contribution in [3.8, 4) is 0 Å². The minimum Gasteiger partial charge on any atom is -0.305 e. The molecule has 1 heterocycles. The van der Waals surface area contributed by atoms with Crippen LogP contribution in [0.2, 0.25) is 0 Å². The van der Waals surface area contributed by atoms with E-state index in [1.165, 1.54) is 15.4 Å². The standard InChI is InChI=1S/C15H20N2S/c1-3-14(12-8-6-5-7-9-12)16-10-13-11-17-15(4-2)18-13/h5-9,11,14,16H,3-4,10H2,1-2H3. The third-order valence-electron chi connectivity index (χ3n) is 3.04. The molecular weight excluding hydrogens is 240 g/mol. The zero-order valence-electron chi connectivity index (χ0n) is 11.0. The third-order valence-corrected chi connectivity index (χ3v) is 4.18. The van der Waals surface area contributed by atoms with Crippen molar-refractivity contribution in [3.05, 3.63) is 52.0 Å². The van der Waals surface area contributed by atoms with Crippen LogP contribution in [0.1, 0.15) is 41.8 Å². The minimum absolute atomic E-state index is 0.429. The lowest BCUT2D eigenvalue weighted by Gasteiger charge is -2.16. The Bertz CT molecular complexity index is 464. The lowest BCUT2D eigenvalue weighted by atomic mass is 10.0. The van der Waals surface area contributed by atoms with Crippen molar-refractivity contribution in [1.82, 2.24) is 10.3 Å². The lowest BCUT2D eigenvalue weighted by molar-refractivity contribution is 0.521. The molecule has 1 unspecified atom stereocenters. The predicted octanol–water partition coefficient (Wildman–Crippen LogP) is 3.95. The Hall–Kier alpha value is -1.19. The van der Waals surface area contributed by atoms with Crippen molar-refractivity contribution in [2.24, 2.45) is 0 Å². The van der Waals surface area contributed by atoms with Crippen LogP contribution in [-0.4, -0.2) is 4.98 Å². The van der Waals surface area contributed by atoms with E-state index < -0.39 is 0 Å². The summed E-state index contributed by atoms with van der Waals surface area (Å²) >= 11 is 1.81. The van der Waals surface area contributed by atoms with E-state index in [9.17, 15) is 0 Å².